The van der Waals surface area contributed by atoms with Gasteiger partial charge in [0.25, 0.3) is 0 Å². The Morgan fingerprint density at radius 2 is 2.22 bits per heavy atom. The van der Waals surface area contributed by atoms with Crippen molar-refractivity contribution in [1.29, 1.82) is 0 Å². The Bertz CT molecular complexity index is 689. The fourth-order valence-electron chi connectivity index (χ4n) is 4.08. The first-order valence-corrected chi connectivity index (χ1v) is 7.73. The highest BCUT2D eigenvalue weighted by molar-refractivity contribution is 5.91. The van der Waals surface area contributed by atoms with Gasteiger partial charge in [0.15, 0.2) is 0 Å². The maximum Gasteiger partial charge on any atom is 0.312 e. The summed E-state index contributed by atoms with van der Waals surface area (Å²) in [5.74, 6) is -1.46. The summed E-state index contributed by atoms with van der Waals surface area (Å²) in [6, 6.07) is 3.70. The Morgan fingerprint density at radius 3 is 2.91 bits per heavy atom. The number of fused-ring (bicyclic) bond motifs is 1. The molecule has 120 valence electrons. The summed E-state index contributed by atoms with van der Waals surface area (Å²) in [6.45, 7) is 2.44. The van der Waals surface area contributed by atoms with E-state index in [-0.39, 0.29) is 24.0 Å². The molecule has 0 N–H and O–H groups in total. The van der Waals surface area contributed by atoms with Gasteiger partial charge in [0.05, 0.1) is 31.7 Å². The zero-order valence-electron chi connectivity index (χ0n) is 13.0. The standard InChI is InChI=1S/C17H18N2O4/c1-10(11-4-7-18-8-5-11)19-9-17-6-3-12(23-17)13(16(21)22-2)14(17)15(19)20/h3-8,10,12-14H,9H2,1-2H3/t10-,12-,13-,14-,17+/m1/s1. The van der Waals surface area contributed by atoms with E-state index in [1.54, 1.807) is 17.3 Å². The number of hydrogen-bond acceptors (Lipinski definition) is 5. The maximum atomic E-state index is 13.0. The van der Waals surface area contributed by atoms with Gasteiger partial charge in [0, 0.05) is 12.4 Å². The first kappa shape index (κ1) is 14.4. The highest BCUT2D eigenvalue weighted by Gasteiger charge is 2.67. The predicted octanol–water partition coefficient (Wildman–Crippen LogP) is 1.10. The van der Waals surface area contributed by atoms with E-state index in [1.165, 1.54) is 7.11 Å². The van der Waals surface area contributed by atoms with Crippen LogP contribution in [0.1, 0.15) is 18.5 Å². The molecule has 0 saturated carbocycles. The van der Waals surface area contributed by atoms with E-state index in [1.807, 2.05) is 31.2 Å². The average Bonchev–Trinajstić information content (AvgIpc) is 3.22. The number of methoxy groups -OCH3 is 1. The van der Waals surface area contributed by atoms with Gasteiger partial charge in [0.1, 0.15) is 11.5 Å². The number of nitrogens with zero attached hydrogens (tertiary/aromatic N) is 2. The minimum Gasteiger partial charge on any atom is -0.469 e. The molecular formula is C17H18N2O4. The summed E-state index contributed by atoms with van der Waals surface area (Å²) < 4.78 is 10.9. The van der Waals surface area contributed by atoms with E-state index in [2.05, 4.69) is 4.98 Å². The minimum absolute atomic E-state index is 0.0448. The molecule has 0 unspecified atom stereocenters. The van der Waals surface area contributed by atoms with Crippen molar-refractivity contribution in [3.63, 3.8) is 0 Å². The first-order chi connectivity index (χ1) is 11.1. The summed E-state index contributed by atoms with van der Waals surface area (Å²) in [7, 11) is 1.35. The van der Waals surface area contributed by atoms with Crippen molar-refractivity contribution in [3.05, 3.63) is 42.2 Å². The third-order valence-electron chi connectivity index (χ3n) is 5.26. The highest BCUT2D eigenvalue weighted by Crippen LogP contribution is 2.53. The van der Waals surface area contributed by atoms with Crippen LogP contribution >= 0.6 is 0 Å². The van der Waals surface area contributed by atoms with Crippen LogP contribution in [0.3, 0.4) is 0 Å². The lowest BCUT2D eigenvalue weighted by Crippen LogP contribution is -2.39. The average molecular weight is 314 g/mol. The zero-order chi connectivity index (χ0) is 16.2. The van der Waals surface area contributed by atoms with Crippen molar-refractivity contribution in [2.75, 3.05) is 13.7 Å². The second kappa shape index (κ2) is 4.89. The lowest BCUT2D eigenvalue weighted by Gasteiger charge is -2.27. The van der Waals surface area contributed by atoms with Gasteiger partial charge >= 0.3 is 5.97 Å². The van der Waals surface area contributed by atoms with Crippen molar-refractivity contribution in [2.24, 2.45) is 11.8 Å². The largest absolute Gasteiger partial charge is 0.469 e. The monoisotopic (exact) mass is 314 g/mol. The number of carbonyl (C=O) groups excluding carboxylic acids is 2. The molecule has 3 aliphatic heterocycles. The third kappa shape index (κ3) is 1.88. The van der Waals surface area contributed by atoms with E-state index in [0.29, 0.717) is 6.54 Å². The van der Waals surface area contributed by atoms with Crippen LogP contribution in [0.4, 0.5) is 0 Å². The lowest BCUT2D eigenvalue weighted by molar-refractivity contribution is -0.151. The molecule has 5 atom stereocenters. The molecule has 1 spiro atoms. The van der Waals surface area contributed by atoms with Crippen molar-refractivity contribution >= 4 is 11.9 Å². The Kier molecular flexibility index (Phi) is 3.06. The summed E-state index contributed by atoms with van der Waals surface area (Å²) in [5.41, 5.74) is 0.319. The van der Waals surface area contributed by atoms with Crippen molar-refractivity contribution in [1.82, 2.24) is 9.88 Å². The van der Waals surface area contributed by atoms with Gasteiger partial charge in [-0.15, -0.1) is 0 Å². The number of rotatable bonds is 3. The molecule has 6 heteroatoms. The molecule has 2 saturated heterocycles. The first-order valence-electron chi connectivity index (χ1n) is 7.73. The fraction of sp³-hybridized carbons (Fsp3) is 0.471. The third-order valence-corrected chi connectivity index (χ3v) is 5.26. The molecule has 4 rings (SSSR count). The minimum atomic E-state index is -0.693. The molecule has 6 nitrogen and oxygen atoms in total. The smallest absolute Gasteiger partial charge is 0.312 e. The summed E-state index contributed by atoms with van der Waals surface area (Å²) in [4.78, 5) is 30.9. The van der Waals surface area contributed by atoms with Crippen LogP contribution in [0, 0.1) is 11.8 Å². The summed E-state index contributed by atoms with van der Waals surface area (Å²) in [6.07, 6.45) is 6.90. The number of esters is 1. The lowest BCUT2D eigenvalue weighted by atomic mass is 9.77. The molecule has 0 aliphatic carbocycles. The van der Waals surface area contributed by atoms with Crippen LogP contribution in [-0.2, 0) is 19.1 Å². The van der Waals surface area contributed by atoms with E-state index < -0.39 is 17.4 Å². The normalized spacial score (nSPS) is 35.5. The van der Waals surface area contributed by atoms with Crippen LogP contribution in [0.2, 0.25) is 0 Å². The van der Waals surface area contributed by atoms with E-state index >= 15 is 0 Å². The quantitative estimate of drug-likeness (QED) is 0.617. The second-order valence-electron chi connectivity index (χ2n) is 6.35. The maximum absolute atomic E-state index is 13.0. The molecule has 1 amide bonds. The molecule has 1 aromatic heterocycles. The Hall–Kier alpha value is -2.21. The number of pyridine rings is 1. The summed E-state index contributed by atoms with van der Waals surface area (Å²) >= 11 is 0. The van der Waals surface area contributed by atoms with Gasteiger partial charge in [-0.3, -0.25) is 14.6 Å². The van der Waals surface area contributed by atoms with Crippen LogP contribution in [0.25, 0.3) is 0 Å². The second-order valence-corrected chi connectivity index (χ2v) is 6.35. The summed E-state index contributed by atoms with van der Waals surface area (Å²) in [5, 5.41) is 0. The molecule has 3 aliphatic rings. The van der Waals surface area contributed by atoms with E-state index in [9.17, 15) is 9.59 Å². The predicted molar refractivity (Wildman–Crippen MR) is 80.1 cm³/mol. The number of ether oxygens (including phenoxy) is 2. The molecule has 4 heterocycles. The Balaban J connectivity index is 1.67. The topological polar surface area (TPSA) is 68.7 Å². The van der Waals surface area contributed by atoms with Gasteiger partial charge in [0.2, 0.25) is 5.91 Å². The SMILES string of the molecule is COC(=O)[C@@H]1[C@H]2C=C[C@@]3(CN([C@H](C)c4ccncc4)C(=O)[C@@H]13)O2. The van der Waals surface area contributed by atoms with Gasteiger partial charge in [-0.1, -0.05) is 12.2 Å². The Labute approximate surface area is 134 Å². The van der Waals surface area contributed by atoms with Crippen LogP contribution in [-0.4, -0.2) is 47.1 Å². The molecule has 2 bridgehead atoms. The number of carbonyl (C=O) groups is 2. The van der Waals surface area contributed by atoms with Crippen LogP contribution in [0.5, 0.6) is 0 Å². The molecule has 2 fully saturated rings. The van der Waals surface area contributed by atoms with Gasteiger partial charge in [-0.2, -0.15) is 0 Å². The molecule has 0 radical (unpaired) electrons. The van der Waals surface area contributed by atoms with Crippen molar-refractivity contribution < 1.29 is 19.1 Å². The van der Waals surface area contributed by atoms with E-state index in [4.69, 9.17) is 9.47 Å². The van der Waals surface area contributed by atoms with Crippen LogP contribution in [0.15, 0.2) is 36.7 Å². The van der Waals surface area contributed by atoms with Crippen molar-refractivity contribution in [2.45, 2.75) is 24.7 Å². The number of likely N-dealkylation sites (tertiary alicyclic amines) is 1. The number of amides is 1. The zero-order valence-corrected chi connectivity index (χ0v) is 13.0. The molecule has 23 heavy (non-hydrogen) atoms. The van der Waals surface area contributed by atoms with Gasteiger partial charge < -0.3 is 14.4 Å². The van der Waals surface area contributed by atoms with Crippen molar-refractivity contribution in [3.8, 4) is 0 Å². The van der Waals surface area contributed by atoms with E-state index in [0.717, 1.165) is 5.56 Å². The highest BCUT2D eigenvalue weighted by atomic mass is 16.5. The molecule has 1 aromatic rings. The van der Waals surface area contributed by atoms with Gasteiger partial charge in [-0.05, 0) is 24.6 Å². The molecule has 0 aromatic carbocycles. The number of aromatic nitrogens is 1. The number of hydrogen-bond donors (Lipinski definition) is 0. The van der Waals surface area contributed by atoms with Gasteiger partial charge in [-0.25, -0.2) is 0 Å². The fourth-order valence-corrected chi connectivity index (χ4v) is 4.08. The van der Waals surface area contributed by atoms with Crippen LogP contribution < -0.4 is 0 Å². The Morgan fingerprint density at radius 1 is 1.48 bits per heavy atom. The molecular weight excluding hydrogens is 296 g/mol.